The van der Waals surface area contributed by atoms with Gasteiger partial charge in [-0.25, -0.2) is 0 Å². The van der Waals surface area contributed by atoms with Gasteiger partial charge in [-0.1, -0.05) is 42.5 Å². The van der Waals surface area contributed by atoms with E-state index in [0.29, 0.717) is 22.9 Å². The molecule has 0 aliphatic heterocycles. The van der Waals surface area contributed by atoms with Crippen molar-refractivity contribution in [2.45, 2.75) is 6.42 Å². The minimum atomic E-state index is -0.116. The SMILES string of the molecule is COc1cc(NC(=O)Cc2ccc3ccccc3c2)cc(OC)c1OC. The van der Waals surface area contributed by atoms with Crippen LogP contribution in [0.5, 0.6) is 17.2 Å². The Morgan fingerprint density at radius 3 is 2.12 bits per heavy atom. The van der Waals surface area contributed by atoms with Crippen LogP contribution in [0.2, 0.25) is 0 Å². The lowest BCUT2D eigenvalue weighted by atomic mass is 10.0. The highest BCUT2D eigenvalue weighted by atomic mass is 16.5. The van der Waals surface area contributed by atoms with Gasteiger partial charge in [-0.3, -0.25) is 4.79 Å². The number of nitrogens with one attached hydrogen (secondary N) is 1. The number of methoxy groups -OCH3 is 3. The molecule has 3 rings (SSSR count). The Morgan fingerprint density at radius 2 is 1.50 bits per heavy atom. The van der Waals surface area contributed by atoms with Gasteiger partial charge in [0.25, 0.3) is 0 Å². The van der Waals surface area contributed by atoms with Crippen LogP contribution < -0.4 is 19.5 Å². The molecule has 0 aromatic heterocycles. The first-order valence-electron chi connectivity index (χ1n) is 8.22. The van der Waals surface area contributed by atoms with Gasteiger partial charge in [0.05, 0.1) is 27.8 Å². The first kappa shape index (κ1) is 17.6. The molecule has 0 aliphatic carbocycles. The summed E-state index contributed by atoms with van der Waals surface area (Å²) in [5.41, 5.74) is 1.54. The Bertz CT molecular complexity index is 911. The summed E-state index contributed by atoms with van der Waals surface area (Å²) >= 11 is 0. The predicted molar refractivity (Wildman–Crippen MR) is 102 cm³/mol. The Morgan fingerprint density at radius 1 is 0.846 bits per heavy atom. The molecule has 26 heavy (non-hydrogen) atoms. The standard InChI is InChI=1S/C21H21NO4/c1-24-18-12-17(13-19(25-2)21(18)26-3)22-20(23)11-14-8-9-15-6-4-5-7-16(15)10-14/h4-10,12-13H,11H2,1-3H3,(H,22,23). The molecule has 0 fully saturated rings. The highest BCUT2D eigenvalue weighted by molar-refractivity contribution is 5.94. The lowest BCUT2D eigenvalue weighted by Gasteiger charge is -2.14. The van der Waals surface area contributed by atoms with E-state index >= 15 is 0 Å². The molecular weight excluding hydrogens is 330 g/mol. The van der Waals surface area contributed by atoms with Gasteiger partial charge in [-0.05, 0) is 16.3 Å². The average molecular weight is 351 g/mol. The lowest BCUT2D eigenvalue weighted by molar-refractivity contribution is -0.115. The number of ether oxygens (including phenoxy) is 3. The van der Waals surface area contributed by atoms with Crippen LogP contribution in [0.4, 0.5) is 5.69 Å². The fourth-order valence-electron chi connectivity index (χ4n) is 2.89. The molecule has 0 saturated heterocycles. The van der Waals surface area contributed by atoms with E-state index in [4.69, 9.17) is 14.2 Å². The summed E-state index contributed by atoms with van der Waals surface area (Å²) in [6.45, 7) is 0. The molecule has 0 aliphatic rings. The van der Waals surface area contributed by atoms with Crippen LogP contribution in [0.15, 0.2) is 54.6 Å². The number of fused-ring (bicyclic) bond motifs is 1. The van der Waals surface area contributed by atoms with E-state index in [-0.39, 0.29) is 12.3 Å². The van der Waals surface area contributed by atoms with Crippen molar-refractivity contribution in [1.82, 2.24) is 0 Å². The van der Waals surface area contributed by atoms with Crippen LogP contribution >= 0.6 is 0 Å². The van der Waals surface area contributed by atoms with Gasteiger partial charge >= 0.3 is 0 Å². The fraction of sp³-hybridized carbons (Fsp3) is 0.190. The van der Waals surface area contributed by atoms with E-state index < -0.39 is 0 Å². The smallest absolute Gasteiger partial charge is 0.228 e. The zero-order valence-corrected chi connectivity index (χ0v) is 15.0. The second kappa shape index (κ2) is 7.78. The van der Waals surface area contributed by atoms with Crippen LogP contribution in [-0.4, -0.2) is 27.2 Å². The van der Waals surface area contributed by atoms with Gasteiger partial charge in [0, 0.05) is 17.8 Å². The van der Waals surface area contributed by atoms with E-state index in [1.165, 1.54) is 14.2 Å². The minimum absolute atomic E-state index is 0.116. The van der Waals surface area contributed by atoms with Crippen molar-refractivity contribution in [3.8, 4) is 17.2 Å². The third-order valence-electron chi connectivity index (χ3n) is 4.13. The monoisotopic (exact) mass is 351 g/mol. The molecule has 1 amide bonds. The van der Waals surface area contributed by atoms with Crippen molar-refractivity contribution in [1.29, 1.82) is 0 Å². The van der Waals surface area contributed by atoms with E-state index in [0.717, 1.165) is 16.3 Å². The molecule has 0 saturated carbocycles. The molecule has 0 bridgehead atoms. The van der Waals surface area contributed by atoms with E-state index in [1.807, 2.05) is 36.4 Å². The van der Waals surface area contributed by atoms with E-state index in [2.05, 4.69) is 11.4 Å². The number of benzene rings is 3. The molecule has 5 heteroatoms. The molecule has 0 heterocycles. The maximum Gasteiger partial charge on any atom is 0.228 e. The summed E-state index contributed by atoms with van der Waals surface area (Å²) in [6, 6.07) is 17.5. The lowest BCUT2D eigenvalue weighted by Crippen LogP contribution is -2.14. The van der Waals surface area contributed by atoms with E-state index in [9.17, 15) is 4.79 Å². The van der Waals surface area contributed by atoms with Crippen LogP contribution in [0.3, 0.4) is 0 Å². The second-order valence-electron chi connectivity index (χ2n) is 5.82. The number of carbonyl (C=O) groups excluding carboxylic acids is 1. The van der Waals surface area contributed by atoms with Crippen LogP contribution in [0.1, 0.15) is 5.56 Å². The average Bonchev–Trinajstić information content (AvgIpc) is 2.66. The third-order valence-corrected chi connectivity index (χ3v) is 4.13. The highest BCUT2D eigenvalue weighted by Crippen LogP contribution is 2.39. The Labute approximate surface area is 152 Å². The number of hydrogen-bond acceptors (Lipinski definition) is 4. The summed E-state index contributed by atoms with van der Waals surface area (Å²) in [7, 11) is 4.62. The van der Waals surface area contributed by atoms with Gasteiger partial charge in [0.15, 0.2) is 11.5 Å². The maximum absolute atomic E-state index is 12.4. The van der Waals surface area contributed by atoms with E-state index in [1.54, 1.807) is 19.2 Å². The van der Waals surface area contributed by atoms with Gasteiger partial charge in [0.1, 0.15) is 0 Å². The Balaban J connectivity index is 1.78. The van der Waals surface area contributed by atoms with Crippen molar-refractivity contribution in [2.75, 3.05) is 26.6 Å². The maximum atomic E-state index is 12.4. The molecule has 3 aromatic rings. The quantitative estimate of drug-likeness (QED) is 0.728. The highest BCUT2D eigenvalue weighted by Gasteiger charge is 2.14. The second-order valence-corrected chi connectivity index (χ2v) is 5.82. The summed E-state index contributed by atoms with van der Waals surface area (Å²) in [6.07, 6.45) is 0.279. The van der Waals surface area contributed by atoms with Crippen molar-refractivity contribution in [2.24, 2.45) is 0 Å². The molecule has 134 valence electrons. The molecule has 0 atom stereocenters. The number of rotatable bonds is 6. The van der Waals surface area contributed by atoms with Crippen molar-refractivity contribution >= 4 is 22.4 Å². The normalized spacial score (nSPS) is 10.4. The number of amides is 1. The van der Waals surface area contributed by atoms with Crippen LogP contribution in [0, 0.1) is 0 Å². The largest absolute Gasteiger partial charge is 0.493 e. The summed E-state index contributed by atoms with van der Waals surface area (Å²) in [5, 5.41) is 5.15. The fourth-order valence-corrected chi connectivity index (χ4v) is 2.89. The molecule has 3 aromatic carbocycles. The van der Waals surface area contributed by atoms with Crippen LogP contribution in [-0.2, 0) is 11.2 Å². The van der Waals surface area contributed by atoms with Crippen molar-refractivity contribution in [3.63, 3.8) is 0 Å². The molecule has 5 nitrogen and oxygen atoms in total. The van der Waals surface area contributed by atoms with Gasteiger partial charge < -0.3 is 19.5 Å². The molecule has 0 radical (unpaired) electrons. The number of carbonyl (C=O) groups is 1. The first-order chi connectivity index (χ1) is 12.6. The molecule has 0 unspecified atom stereocenters. The summed E-state index contributed by atoms with van der Waals surface area (Å²) in [5.74, 6) is 1.36. The third kappa shape index (κ3) is 3.72. The van der Waals surface area contributed by atoms with Crippen LogP contribution in [0.25, 0.3) is 10.8 Å². The Hall–Kier alpha value is -3.21. The minimum Gasteiger partial charge on any atom is -0.493 e. The molecule has 0 spiro atoms. The number of hydrogen-bond donors (Lipinski definition) is 1. The molecular formula is C21H21NO4. The Kier molecular flexibility index (Phi) is 5.27. The summed E-state index contributed by atoms with van der Waals surface area (Å²) < 4.78 is 15.9. The number of anilines is 1. The van der Waals surface area contributed by atoms with Crippen molar-refractivity contribution in [3.05, 3.63) is 60.2 Å². The summed E-state index contributed by atoms with van der Waals surface area (Å²) in [4.78, 5) is 12.4. The van der Waals surface area contributed by atoms with Crippen molar-refractivity contribution < 1.29 is 19.0 Å². The van der Waals surface area contributed by atoms with Gasteiger partial charge in [-0.15, -0.1) is 0 Å². The topological polar surface area (TPSA) is 56.8 Å². The predicted octanol–water partition coefficient (Wildman–Crippen LogP) is 4.05. The van der Waals surface area contributed by atoms with Gasteiger partial charge in [-0.2, -0.15) is 0 Å². The zero-order valence-electron chi connectivity index (χ0n) is 15.0. The first-order valence-corrected chi connectivity index (χ1v) is 8.22. The van der Waals surface area contributed by atoms with Gasteiger partial charge in [0.2, 0.25) is 11.7 Å². The molecule has 1 N–H and O–H groups in total. The zero-order chi connectivity index (χ0) is 18.5.